The van der Waals surface area contributed by atoms with Crippen molar-refractivity contribution in [3.8, 4) is 5.75 Å². The molecule has 1 aromatic heterocycles. The van der Waals surface area contributed by atoms with E-state index in [2.05, 4.69) is 52.4 Å². The summed E-state index contributed by atoms with van der Waals surface area (Å²) in [5, 5.41) is 3.61. The average molecular weight is 376 g/mol. The van der Waals surface area contributed by atoms with Gasteiger partial charge >= 0.3 is 0 Å². The number of nitrogens with zero attached hydrogens (tertiary/aromatic N) is 2. The third-order valence-electron chi connectivity index (χ3n) is 5.51. The second-order valence-electron chi connectivity index (χ2n) is 7.49. The average Bonchev–Trinajstić information content (AvgIpc) is 3.09. The topological polar surface area (TPSA) is 39.1 Å². The largest absolute Gasteiger partial charge is 0.497 e. The van der Waals surface area contributed by atoms with Crippen LogP contribution in [-0.2, 0) is 13.1 Å². The maximum atomic E-state index is 5.38. The Labute approximate surface area is 167 Å². The fourth-order valence-electron chi connectivity index (χ4n) is 3.94. The summed E-state index contributed by atoms with van der Waals surface area (Å²) in [7, 11) is 1.70. The first-order valence-electron chi connectivity index (χ1n) is 10.3. The van der Waals surface area contributed by atoms with Crippen LogP contribution >= 0.6 is 0 Å². The van der Waals surface area contributed by atoms with Gasteiger partial charge in [-0.2, -0.15) is 0 Å². The second kappa shape index (κ2) is 9.07. The summed E-state index contributed by atoms with van der Waals surface area (Å²) in [5.41, 5.74) is 5.03. The van der Waals surface area contributed by atoms with Crippen molar-refractivity contribution in [1.82, 2.24) is 14.9 Å². The summed E-state index contributed by atoms with van der Waals surface area (Å²) in [6.45, 7) is 2.60. The molecule has 0 radical (unpaired) electrons. The van der Waals surface area contributed by atoms with Gasteiger partial charge in [-0.1, -0.05) is 42.0 Å². The number of hydrogen-bond donors (Lipinski definition) is 1. The van der Waals surface area contributed by atoms with Gasteiger partial charge in [-0.15, -0.1) is 0 Å². The minimum absolute atomic E-state index is 0.775. The highest BCUT2D eigenvalue weighted by Crippen LogP contribution is 2.23. The van der Waals surface area contributed by atoms with Crippen molar-refractivity contribution in [2.45, 2.75) is 45.2 Å². The number of rotatable bonds is 8. The number of benzene rings is 2. The van der Waals surface area contributed by atoms with Crippen molar-refractivity contribution in [3.63, 3.8) is 0 Å². The van der Waals surface area contributed by atoms with Crippen LogP contribution in [0.5, 0.6) is 5.75 Å². The van der Waals surface area contributed by atoms with Gasteiger partial charge in [0.2, 0.25) is 0 Å². The van der Waals surface area contributed by atoms with E-state index in [9.17, 15) is 0 Å². The zero-order chi connectivity index (χ0) is 19.2. The van der Waals surface area contributed by atoms with Gasteiger partial charge in [0, 0.05) is 12.6 Å². The molecule has 1 N–H and O–H groups in total. The number of aromatic nitrogens is 2. The summed E-state index contributed by atoms with van der Waals surface area (Å²) >= 11 is 0. The van der Waals surface area contributed by atoms with Gasteiger partial charge in [-0.05, 0) is 56.3 Å². The summed E-state index contributed by atoms with van der Waals surface area (Å²) in [5.74, 6) is 1.92. The van der Waals surface area contributed by atoms with E-state index in [1.54, 1.807) is 12.7 Å². The van der Waals surface area contributed by atoms with Crippen LogP contribution in [-0.4, -0.2) is 23.2 Å². The first-order chi connectivity index (χ1) is 13.8. The summed E-state index contributed by atoms with van der Waals surface area (Å²) in [4.78, 5) is 4.91. The van der Waals surface area contributed by atoms with Gasteiger partial charge in [0.15, 0.2) is 0 Å². The van der Waals surface area contributed by atoms with Gasteiger partial charge in [-0.25, -0.2) is 4.98 Å². The molecule has 146 valence electrons. The zero-order valence-corrected chi connectivity index (χ0v) is 16.7. The normalized spacial score (nSPS) is 14.2. The molecule has 1 heterocycles. The molecule has 0 bridgehead atoms. The third kappa shape index (κ3) is 4.45. The van der Waals surface area contributed by atoms with Crippen LogP contribution in [0.4, 0.5) is 0 Å². The second-order valence-corrected chi connectivity index (χ2v) is 7.49. The lowest BCUT2D eigenvalue weighted by Gasteiger charge is -2.13. The number of ether oxygens (including phenoxy) is 1. The van der Waals surface area contributed by atoms with E-state index < -0.39 is 0 Å². The van der Waals surface area contributed by atoms with E-state index in [4.69, 9.17) is 9.72 Å². The smallest absolute Gasteiger partial charge is 0.124 e. The Morgan fingerprint density at radius 2 is 2.00 bits per heavy atom. The third-order valence-corrected chi connectivity index (χ3v) is 5.51. The van der Waals surface area contributed by atoms with Crippen molar-refractivity contribution < 1.29 is 4.74 Å². The molecular weight excluding hydrogens is 346 g/mol. The van der Waals surface area contributed by atoms with E-state index in [0.29, 0.717) is 0 Å². The lowest BCUT2D eigenvalue weighted by atomic mass is 9.97. The molecule has 0 aliphatic heterocycles. The lowest BCUT2D eigenvalue weighted by Crippen LogP contribution is -2.19. The minimum atomic E-state index is 0.775. The number of imidazole rings is 1. The molecular formula is C24H29N3O. The zero-order valence-electron chi connectivity index (χ0n) is 16.7. The van der Waals surface area contributed by atoms with Gasteiger partial charge < -0.3 is 14.6 Å². The molecule has 3 aromatic rings. The van der Waals surface area contributed by atoms with Crippen LogP contribution in [0.15, 0.2) is 60.2 Å². The molecule has 1 aliphatic rings. The maximum Gasteiger partial charge on any atom is 0.124 e. The number of nitrogens with one attached hydrogen (secondary N) is 1. The number of methoxy groups -OCH3 is 1. The Balaban J connectivity index is 1.51. The highest BCUT2D eigenvalue weighted by Gasteiger charge is 2.12. The first kappa shape index (κ1) is 18.8. The Morgan fingerprint density at radius 1 is 1.11 bits per heavy atom. The molecule has 0 spiro atoms. The van der Waals surface area contributed by atoms with Crippen LogP contribution in [0.3, 0.4) is 0 Å². The molecule has 0 saturated carbocycles. The van der Waals surface area contributed by atoms with E-state index in [1.165, 1.54) is 31.2 Å². The van der Waals surface area contributed by atoms with E-state index in [0.717, 1.165) is 48.7 Å². The van der Waals surface area contributed by atoms with Crippen LogP contribution < -0.4 is 10.1 Å². The minimum Gasteiger partial charge on any atom is -0.497 e. The predicted octanol–water partition coefficient (Wildman–Crippen LogP) is 5.07. The molecule has 0 atom stereocenters. The van der Waals surface area contributed by atoms with E-state index in [1.807, 2.05) is 12.1 Å². The first-order valence-corrected chi connectivity index (χ1v) is 10.3. The molecule has 0 fully saturated rings. The van der Waals surface area contributed by atoms with Crippen molar-refractivity contribution in [3.05, 3.63) is 71.6 Å². The SMILES string of the molecule is COc1ccc2c(c1)nc(CNCCC1=CCCCC1)n2Cc1ccccc1. The molecule has 0 unspecified atom stereocenters. The number of fused-ring (bicyclic) bond motifs is 1. The van der Waals surface area contributed by atoms with Crippen LogP contribution in [0.2, 0.25) is 0 Å². The molecule has 4 heteroatoms. The van der Waals surface area contributed by atoms with Gasteiger partial charge in [0.05, 0.1) is 24.7 Å². The number of allylic oxidation sites excluding steroid dienone is 1. The van der Waals surface area contributed by atoms with Crippen LogP contribution in [0, 0.1) is 0 Å². The van der Waals surface area contributed by atoms with Crippen LogP contribution in [0.25, 0.3) is 11.0 Å². The molecule has 28 heavy (non-hydrogen) atoms. The predicted molar refractivity (Wildman–Crippen MR) is 115 cm³/mol. The van der Waals surface area contributed by atoms with E-state index >= 15 is 0 Å². The molecule has 0 amide bonds. The molecule has 1 aliphatic carbocycles. The monoisotopic (exact) mass is 375 g/mol. The summed E-state index contributed by atoms with van der Waals surface area (Å²) in [6.07, 6.45) is 8.80. The maximum absolute atomic E-state index is 5.38. The van der Waals surface area contributed by atoms with Gasteiger partial charge in [0.1, 0.15) is 11.6 Å². The Hall–Kier alpha value is -2.59. The lowest BCUT2D eigenvalue weighted by molar-refractivity contribution is 0.415. The van der Waals surface area contributed by atoms with E-state index in [-0.39, 0.29) is 0 Å². The fourth-order valence-corrected chi connectivity index (χ4v) is 3.94. The highest BCUT2D eigenvalue weighted by atomic mass is 16.5. The Morgan fingerprint density at radius 3 is 2.79 bits per heavy atom. The molecule has 2 aromatic carbocycles. The fraction of sp³-hybridized carbons (Fsp3) is 0.375. The summed E-state index contributed by atoms with van der Waals surface area (Å²) < 4.78 is 7.70. The van der Waals surface area contributed by atoms with Crippen molar-refractivity contribution in [1.29, 1.82) is 0 Å². The quantitative estimate of drug-likeness (QED) is 0.441. The molecule has 4 rings (SSSR count). The standard InChI is InChI=1S/C24H29N3O/c1-28-21-12-13-23-22(16-21)26-24(27(23)18-20-10-6-3-7-11-20)17-25-15-14-19-8-4-2-5-9-19/h3,6-8,10-13,16,25H,2,4-5,9,14-15,17-18H2,1H3. The molecule has 0 saturated heterocycles. The van der Waals surface area contributed by atoms with Gasteiger partial charge in [0.25, 0.3) is 0 Å². The summed E-state index contributed by atoms with van der Waals surface area (Å²) in [6, 6.07) is 16.7. The van der Waals surface area contributed by atoms with Crippen molar-refractivity contribution in [2.75, 3.05) is 13.7 Å². The van der Waals surface area contributed by atoms with Crippen molar-refractivity contribution >= 4 is 11.0 Å². The Kier molecular flexibility index (Phi) is 6.07. The highest BCUT2D eigenvalue weighted by molar-refractivity contribution is 5.78. The van der Waals surface area contributed by atoms with Gasteiger partial charge in [-0.3, -0.25) is 0 Å². The number of hydrogen-bond acceptors (Lipinski definition) is 3. The van der Waals surface area contributed by atoms with Crippen LogP contribution in [0.1, 0.15) is 43.5 Å². The van der Waals surface area contributed by atoms with Crippen molar-refractivity contribution in [2.24, 2.45) is 0 Å². The molecule has 4 nitrogen and oxygen atoms in total. The Bertz CT molecular complexity index is 943.